The molecule has 0 amide bonds. The molecule has 0 aromatic rings. The van der Waals surface area contributed by atoms with Crippen molar-refractivity contribution in [1.82, 2.24) is 0 Å². The fourth-order valence-electron chi connectivity index (χ4n) is 14.1. The molecular formula is C87H155O25P. The molecule has 2 heterocycles. The lowest BCUT2D eigenvalue weighted by atomic mass is 9.84. The Morgan fingerprint density at radius 1 is 0.345 bits per heavy atom. The summed E-state index contributed by atoms with van der Waals surface area (Å²) in [6.45, 7) is 5.47. The van der Waals surface area contributed by atoms with E-state index < -0.39 is 162 Å². The first-order chi connectivity index (χ1) is 54.7. The van der Waals surface area contributed by atoms with E-state index in [1.165, 1.54) is 122 Å². The third-order valence-corrected chi connectivity index (χ3v) is 22.2. The number of unbranched alkanes of at least 4 members (excludes halogenated alkanes) is 38. The van der Waals surface area contributed by atoms with Crippen LogP contribution in [0, 0.1) is 0 Å². The molecule has 3 fully saturated rings. The Kier molecular flexibility index (Phi) is 60.8. The predicted molar refractivity (Wildman–Crippen MR) is 435 cm³/mol. The van der Waals surface area contributed by atoms with Gasteiger partial charge in [0, 0.05) is 25.7 Å². The Morgan fingerprint density at radius 2 is 0.664 bits per heavy atom. The van der Waals surface area contributed by atoms with E-state index in [2.05, 4.69) is 76.3 Å². The minimum Gasteiger partial charge on any atom is -0.463 e. The molecule has 10 N–H and O–H groups in total. The molecule has 113 heavy (non-hydrogen) atoms. The predicted octanol–water partition coefficient (Wildman–Crippen LogP) is 15.3. The zero-order valence-electron chi connectivity index (χ0n) is 69.7. The number of carbonyl (C=O) groups excluding carboxylic acids is 4. The molecule has 0 aromatic carbocycles. The van der Waals surface area contributed by atoms with Crippen LogP contribution in [-0.2, 0) is 70.7 Å². The number of hydrogen-bond donors (Lipinski definition) is 10. The van der Waals surface area contributed by atoms with Crippen molar-refractivity contribution >= 4 is 31.7 Å². The number of aliphatic hydroxyl groups excluding tert-OH is 9. The fourth-order valence-corrected chi connectivity index (χ4v) is 15.1. The molecule has 1 saturated carbocycles. The summed E-state index contributed by atoms with van der Waals surface area (Å²) in [7, 11) is -5.81. The summed E-state index contributed by atoms with van der Waals surface area (Å²) in [5.74, 6) is -3.04. The van der Waals surface area contributed by atoms with Gasteiger partial charge in [0.2, 0.25) is 0 Å². The fraction of sp³-hybridized carbons (Fsp3) is 0.862. The molecule has 658 valence electrons. The number of hydrogen-bond acceptors (Lipinski definition) is 24. The van der Waals surface area contributed by atoms with E-state index in [4.69, 9.17) is 46.9 Å². The van der Waals surface area contributed by atoms with Crippen molar-refractivity contribution in [2.24, 2.45) is 0 Å². The van der Waals surface area contributed by atoms with E-state index in [0.717, 1.165) is 128 Å². The van der Waals surface area contributed by atoms with Crippen LogP contribution in [0.3, 0.4) is 0 Å². The molecule has 2 aliphatic heterocycles. The summed E-state index contributed by atoms with van der Waals surface area (Å²) in [5.41, 5.74) is 0. The van der Waals surface area contributed by atoms with Crippen LogP contribution in [0.5, 0.6) is 0 Å². The third kappa shape index (κ3) is 47.1. The van der Waals surface area contributed by atoms with E-state index in [-0.39, 0.29) is 25.7 Å². The van der Waals surface area contributed by atoms with Crippen LogP contribution in [0.15, 0.2) is 48.6 Å². The first-order valence-corrected chi connectivity index (χ1v) is 45.9. The molecule has 0 spiro atoms. The average molecular weight is 1630 g/mol. The number of carbonyl (C=O) groups is 4. The molecule has 3 rings (SSSR count). The minimum atomic E-state index is -5.81. The molecule has 2 saturated heterocycles. The van der Waals surface area contributed by atoms with Gasteiger partial charge >= 0.3 is 31.7 Å². The Hall–Kier alpha value is -3.57. The van der Waals surface area contributed by atoms with E-state index in [1.807, 2.05) is 0 Å². The lowest BCUT2D eigenvalue weighted by Gasteiger charge is -2.50. The normalized spacial score (nSPS) is 25.7. The first kappa shape index (κ1) is 104. The second-order valence-corrected chi connectivity index (χ2v) is 32.8. The zero-order valence-corrected chi connectivity index (χ0v) is 70.6. The van der Waals surface area contributed by atoms with Gasteiger partial charge in [0.05, 0.1) is 13.2 Å². The summed E-state index contributed by atoms with van der Waals surface area (Å²) in [5, 5.41) is 102. The van der Waals surface area contributed by atoms with Gasteiger partial charge < -0.3 is 88.7 Å². The Bertz CT molecular complexity index is 2560. The van der Waals surface area contributed by atoms with Crippen LogP contribution < -0.4 is 0 Å². The third-order valence-electron chi connectivity index (χ3n) is 21.2. The van der Waals surface area contributed by atoms with Gasteiger partial charge in [-0.05, 0) is 128 Å². The van der Waals surface area contributed by atoms with Crippen molar-refractivity contribution in [2.75, 3.05) is 26.4 Å². The second-order valence-electron chi connectivity index (χ2n) is 31.4. The SMILES string of the molecule is CCCCCC/C=C\CCCCCCCCCC(=O)OC1C(O)C(O)C(OC2OC(CO)C(O)C(O)C2O)C(OP(=O)(O)OCC(COC(=O)CCCCC/C=C\CCCCCCCC)OC(=O)CCCCC/C=C\CCCCCCCC)C1OC1OC(COC(=O)CCCCC/C=C\CCCCCCCC)C(O)C(O)C1O. The van der Waals surface area contributed by atoms with Gasteiger partial charge in [-0.15, -0.1) is 0 Å². The number of phosphoric ester groups is 1. The monoisotopic (exact) mass is 1630 g/mol. The van der Waals surface area contributed by atoms with Gasteiger partial charge in [-0.2, -0.15) is 0 Å². The Balaban J connectivity index is 1.96. The number of aliphatic hydroxyl groups is 9. The molecule has 0 aromatic heterocycles. The first-order valence-electron chi connectivity index (χ1n) is 44.4. The van der Waals surface area contributed by atoms with Gasteiger partial charge in [-0.25, -0.2) is 4.57 Å². The van der Waals surface area contributed by atoms with Gasteiger partial charge in [0.1, 0.15) is 92.6 Å². The molecule has 26 heteroatoms. The van der Waals surface area contributed by atoms with Crippen LogP contribution in [0.25, 0.3) is 0 Å². The highest BCUT2D eigenvalue weighted by Gasteiger charge is 2.60. The van der Waals surface area contributed by atoms with Crippen molar-refractivity contribution in [3.8, 4) is 0 Å². The highest BCUT2D eigenvalue weighted by atomic mass is 31.2. The smallest absolute Gasteiger partial charge is 0.463 e. The average Bonchev–Trinajstić information content (AvgIpc) is 0.753. The molecule has 25 nitrogen and oxygen atoms in total. The van der Waals surface area contributed by atoms with Crippen LogP contribution in [0.4, 0.5) is 0 Å². The second kappa shape index (κ2) is 66.3. The quantitative estimate of drug-likeness (QED) is 0.00889. The van der Waals surface area contributed by atoms with E-state index >= 15 is 0 Å². The maximum Gasteiger partial charge on any atom is 0.472 e. The summed E-state index contributed by atoms with van der Waals surface area (Å²) in [6.07, 6.45) is 27.2. The summed E-state index contributed by atoms with van der Waals surface area (Å²) in [4.78, 5) is 66.2. The van der Waals surface area contributed by atoms with Crippen molar-refractivity contribution < 1.29 is 122 Å². The highest BCUT2D eigenvalue weighted by Crippen LogP contribution is 2.49. The molecule has 3 aliphatic rings. The van der Waals surface area contributed by atoms with E-state index in [9.17, 15) is 74.6 Å². The van der Waals surface area contributed by atoms with Crippen LogP contribution in [0.2, 0.25) is 0 Å². The summed E-state index contributed by atoms with van der Waals surface area (Å²) in [6, 6.07) is 0. The molecule has 18 atom stereocenters. The van der Waals surface area contributed by atoms with E-state index in [0.29, 0.717) is 44.9 Å². The molecule has 0 radical (unpaired) electrons. The minimum absolute atomic E-state index is 0.00770. The Morgan fingerprint density at radius 3 is 1.07 bits per heavy atom. The number of rotatable bonds is 70. The van der Waals surface area contributed by atoms with Gasteiger partial charge in [-0.1, -0.05) is 243 Å². The largest absolute Gasteiger partial charge is 0.472 e. The molecule has 0 bridgehead atoms. The van der Waals surface area contributed by atoms with Gasteiger partial charge in [0.25, 0.3) is 0 Å². The van der Waals surface area contributed by atoms with Crippen molar-refractivity contribution in [2.45, 2.75) is 453 Å². The summed E-state index contributed by atoms with van der Waals surface area (Å²) >= 11 is 0. The van der Waals surface area contributed by atoms with Crippen molar-refractivity contribution in [3.05, 3.63) is 48.6 Å². The van der Waals surface area contributed by atoms with Crippen LogP contribution in [0.1, 0.15) is 349 Å². The topological polar surface area (TPSA) is 380 Å². The van der Waals surface area contributed by atoms with Gasteiger partial charge in [-0.3, -0.25) is 28.2 Å². The van der Waals surface area contributed by atoms with E-state index in [1.54, 1.807) is 0 Å². The lowest BCUT2D eigenvalue weighted by Crippen LogP contribution is -2.70. The lowest BCUT2D eigenvalue weighted by molar-refractivity contribution is -0.360. The number of allylic oxidation sites excluding steroid dienone is 8. The Labute approximate surface area is 678 Å². The molecular weight excluding hydrogens is 1480 g/mol. The molecule has 1 aliphatic carbocycles. The van der Waals surface area contributed by atoms with Crippen molar-refractivity contribution in [1.29, 1.82) is 0 Å². The number of esters is 4. The summed E-state index contributed by atoms with van der Waals surface area (Å²) < 4.78 is 73.1. The maximum atomic E-state index is 14.9. The van der Waals surface area contributed by atoms with Gasteiger partial charge in [0.15, 0.2) is 24.8 Å². The van der Waals surface area contributed by atoms with Crippen molar-refractivity contribution in [3.63, 3.8) is 0 Å². The number of ether oxygens (including phenoxy) is 8. The number of phosphoric acid groups is 1. The zero-order chi connectivity index (χ0) is 82.5. The molecule has 18 unspecified atom stereocenters. The van der Waals surface area contributed by atoms with Crippen LogP contribution >= 0.6 is 7.82 Å². The van der Waals surface area contributed by atoms with Crippen LogP contribution in [-0.4, -0.2) is 205 Å². The highest BCUT2D eigenvalue weighted by molar-refractivity contribution is 7.47. The standard InChI is InChI=1S/C87H155O25P/c1-5-9-13-17-21-25-29-33-34-38-42-46-50-54-58-62-73(92)109-82-78(97)79(98)83(110-86-80(99)76(95)74(93)68(63-88)107-86)85(84(82)111-87-81(100)77(96)75(94)69(108-87)66-104-71(90)60-56-52-48-44-40-36-31-27-23-19-15-11-7-3)112-113(101,102)105-65-67(106-72(91)61-57-53-49-45-41-37-32-28-24-20-16-12-8-4)64-103-70(89)59-55-51-47-43-39-35-30-26-22-18-14-10-6-2/h25,29,35-37,39-41,67-69,74-88,93-100H,5-24,26-28,30-34,38,42-66H2,1-4H3,(H,101,102)/b29-25-,39-35-,40-36-,41-37-. The maximum absolute atomic E-state index is 14.9.